The summed E-state index contributed by atoms with van der Waals surface area (Å²) < 4.78 is 6.02. The second-order valence-electron chi connectivity index (χ2n) is 9.66. The number of esters is 1. The fourth-order valence-electron chi connectivity index (χ4n) is 4.42. The molecule has 1 aliphatic rings. The van der Waals surface area contributed by atoms with E-state index < -0.39 is 12.0 Å². The van der Waals surface area contributed by atoms with Gasteiger partial charge in [0.1, 0.15) is 6.10 Å². The van der Waals surface area contributed by atoms with Crippen LogP contribution in [0, 0.1) is 11.8 Å². The summed E-state index contributed by atoms with van der Waals surface area (Å²) in [6, 6.07) is 18.9. The van der Waals surface area contributed by atoms with Crippen LogP contribution in [0.5, 0.6) is 0 Å². The molecule has 4 atom stereocenters. The first-order valence-corrected chi connectivity index (χ1v) is 13.1. The molecular formula is C30H38N2O5. The molecule has 0 radical (unpaired) electrons. The van der Waals surface area contributed by atoms with Gasteiger partial charge in [0.15, 0.2) is 0 Å². The molecular weight excluding hydrogens is 468 g/mol. The Labute approximate surface area is 219 Å². The van der Waals surface area contributed by atoms with Crippen molar-refractivity contribution in [3.8, 4) is 0 Å². The first-order valence-electron chi connectivity index (χ1n) is 13.1. The van der Waals surface area contributed by atoms with E-state index in [2.05, 4.69) is 10.6 Å². The average Bonchev–Trinajstić information content (AvgIpc) is 2.91. The van der Waals surface area contributed by atoms with Gasteiger partial charge in [-0.15, -0.1) is 0 Å². The number of rotatable bonds is 7. The quantitative estimate of drug-likeness (QED) is 0.391. The van der Waals surface area contributed by atoms with Crippen molar-refractivity contribution in [2.45, 2.75) is 57.6 Å². The lowest BCUT2D eigenvalue weighted by Crippen LogP contribution is -2.40. The first-order chi connectivity index (χ1) is 18.0. The van der Waals surface area contributed by atoms with Gasteiger partial charge >= 0.3 is 5.97 Å². The lowest BCUT2D eigenvalue weighted by atomic mass is 9.93. The van der Waals surface area contributed by atoms with Crippen LogP contribution in [0.3, 0.4) is 0 Å². The van der Waals surface area contributed by atoms with Crippen molar-refractivity contribution in [3.63, 3.8) is 0 Å². The van der Waals surface area contributed by atoms with Gasteiger partial charge < -0.3 is 20.5 Å². The monoisotopic (exact) mass is 506 g/mol. The molecule has 0 fully saturated rings. The van der Waals surface area contributed by atoms with Crippen molar-refractivity contribution in [1.82, 2.24) is 10.6 Å². The van der Waals surface area contributed by atoms with E-state index in [0.29, 0.717) is 19.3 Å². The lowest BCUT2D eigenvalue weighted by molar-refractivity contribution is -0.155. The van der Waals surface area contributed by atoms with Crippen LogP contribution in [0.4, 0.5) is 0 Å². The van der Waals surface area contributed by atoms with E-state index in [1.807, 2.05) is 72.8 Å². The number of carbonyl (C=O) groups excluding carboxylic acids is 3. The standard InChI is InChI=1S/C30H38N2O5/c1-22(21-33)32-28(34)19-25-16-8-2-3-9-17-26(18-23-12-6-4-7-13-23)30(36)37-27(20-31-29(25)35)24-14-10-5-11-15-24/h2,4-8,10-15,22,25-27,33H,3,9,16-21H2,1H3,(H,31,35)(H,32,34)/t22-,25-,26-,27+/m1/s1. The van der Waals surface area contributed by atoms with Gasteiger partial charge in [0.05, 0.1) is 25.0 Å². The molecule has 0 saturated carbocycles. The second-order valence-corrected chi connectivity index (χ2v) is 9.66. The van der Waals surface area contributed by atoms with Crippen molar-refractivity contribution < 1.29 is 24.2 Å². The normalized spacial score (nSPS) is 22.3. The topological polar surface area (TPSA) is 105 Å². The number of ether oxygens (including phenoxy) is 1. The highest BCUT2D eigenvalue weighted by Gasteiger charge is 2.27. The van der Waals surface area contributed by atoms with Crippen molar-refractivity contribution >= 4 is 17.8 Å². The van der Waals surface area contributed by atoms with Gasteiger partial charge in [-0.05, 0) is 50.2 Å². The van der Waals surface area contributed by atoms with Gasteiger partial charge in [-0.1, -0.05) is 72.8 Å². The zero-order valence-electron chi connectivity index (χ0n) is 21.5. The molecule has 1 heterocycles. The summed E-state index contributed by atoms with van der Waals surface area (Å²) in [4.78, 5) is 38.9. The minimum atomic E-state index is -0.640. The third-order valence-electron chi connectivity index (χ3n) is 6.54. The van der Waals surface area contributed by atoms with Crippen molar-refractivity contribution in [2.75, 3.05) is 13.2 Å². The summed E-state index contributed by atoms with van der Waals surface area (Å²) in [5, 5.41) is 14.8. The zero-order chi connectivity index (χ0) is 26.5. The largest absolute Gasteiger partial charge is 0.455 e. The van der Waals surface area contributed by atoms with Crippen molar-refractivity contribution in [3.05, 3.63) is 83.9 Å². The molecule has 0 saturated heterocycles. The van der Waals surface area contributed by atoms with E-state index in [9.17, 15) is 19.5 Å². The molecule has 0 aromatic heterocycles. The molecule has 3 N–H and O–H groups in total. The number of hydrogen-bond acceptors (Lipinski definition) is 5. The molecule has 0 spiro atoms. The maximum atomic E-state index is 13.4. The molecule has 198 valence electrons. The van der Waals surface area contributed by atoms with E-state index in [0.717, 1.165) is 24.0 Å². The molecule has 3 rings (SSSR count). The van der Waals surface area contributed by atoms with Crippen LogP contribution in [-0.2, 0) is 25.5 Å². The van der Waals surface area contributed by atoms with Crippen LogP contribution in [0.2, 0.25) is 0 Å². The smallest absolute Gasteiger partial charge is 0.309 e. The molecule has 0 unspecified atom stereocenters. The fraction of sp³-hybridized carbons (Fsp3) is 0.433. The number of nitrogens with one attached hydrogen (secondary N) is 2. The molecule has 0 bridgehead atoms. The predicted molar refractivity (Wildman–Crippen MR) is 142 cm³/mol. The number of hydrogen-bond donors (Lipinski definition) is 3. The highest BCUT2D eigenvalue weighted by molar-refractivity contribution is 5.86. The van der Waals surface area contributed by atoms with E-state index in [4.69, 9.17) is 4.74 Å². The maximum absolute atomic E-state index is 13.4. The highest BCUT2D eigenvalue weighted by atomic mass is 16.5. The zero-order valence-corrected chi connectivity index (χ0v) is 21.5. The van der Waals surface area contributed by atoms with E-state index >= 15 is 0 Å². The number of amides is 2. The fourth-order valence-corrected chi connectivity index (χ4v) is 4.42. The molecule has 1 aliphatic heterocycles. The van der Waals surface area contributed by atoms with Gasteiger partial charge in [0.25, 0.3) is 0 Å². The molecule has 2 aromatic rings. The average molecular weight is 507 g/mol. The predicted octanol–water partition coefficient (Wildman–Crippen LogP) is 3.88. The maximum Gasteiger partial charge on any atom is 0.309 e. The van der Waals surface area contributed by atoms with Gasteiger partial charge in [0, 0.05) is 12.5 Å². The molecule has 7 heteroatoms. The van der Waals surface area contributed by atoms with Gasteiger partial charge in [0.2, 0.25) is 11.8 Å². The summed E-state index contributed by atoms with van der Waals surface area (Å²) in [7, 11) is 0. The summed E-state index contributed by atoms with van der Waals surface area (Å²) in [5.74, 6) is -1.69. The first kappa shape index (κ1) is 28.1. The van der Waals surface area contributed by atoms with Gasteiger partial charge in [-0.25, -0.2) is 0 Å². The lowest BCUT2D eigenvalue weighted by Gasteiger charge is -2.24. The van der Waals surface area contributed by atoms with Crippen LogP contribution >= 0.6 is 0 Å². The minimum absolute atomic E-state index is 0.00938. The molecule has 0 aliphatic carbocycles. The SMILES string of the molecule is C[C@H](CO)NC(=O)C[C@H]1CC=CCCC[C@H](Cc2ccccc2)C(=O)O[C@H](c2ccccc2)CNC1=O. The summed E-state index contributed by atoms with van der Waals surface area (Å²) >= 11 is 0. The molecule has 2 amide bonds. The highest BCUT2D eigenvalue weighted by Crippen LogP contribution is 2.24. The number of aliphatic hydroxyl groups excluding tert-OH is 1. The number of carbonyl (C=O) groups is 3. The van der Waals surface area contributed by atoms with Crippen LogP contribution < -0.4 is 10.6 Å². The second kappa shape index (κ2) is 15.0. The van der Waals surface area contributed by atoms with E-state index in [-0.39, 0.29) is 49.3 Å². The molecule has 37 heavy (non-hydrogen) atoms. The Hall–Kier alpha value is -3.45. The Morgan fingerprint density at radius 2 is 1.76 bits per heavy atom. The Morgan fingerprint density at radius 3 is 2.46 bits per heavy atom. The minimum Gasteiger partial charge on any atom is -0.455 e. The Kier molecular flexibility index (Phi) is 11.4. The number of cyclic esters (lactones) is 1. The summed E-state index contributed by atoms with van der Waals surface area (Å²) in [6.07, 6.45) is 6.62. The van der Waals surface area contributed by atoms with Crippen LogP contribution in [0.25, 0.3) is 0 Å². The van der Waals surface area contributed by atoms with E-state index in [1.54, 1.807) is 6.92 Å². The number of aliphatic hydroxyl groups is 1. The third-order valence-corrected chi connectivity index (χ3v) is 6.54. The van der Waals surface area contributed by atoms with Gasteiger partial charge in [-0.2, -0.15) is 0 Å². The van der Waals surface area contributed by atoms with Crippen LogP contribution in [-0.4, -0.2) is 42.1 Å². The third kappa shape index (κ3) is 9.50. The van der Waals surface area contributed by atoms with E-state index in [1.165, 1.54) is 0 Å². The Bertz CT molecular complexity index is 1020. The Balaban J connectivity index is 1.78. The molecule has 7 nitrogen and oxygen atoms in total. The summed E-state index contributed by atoms with van der Waals surface area (Å²) in [5.41, 5.74) is 1.88. The Morgan fingerprint density at radius 1 is 1.05 bits per heavy atom. The number of benzene rings is 2. The van der Waals surface area contributed by atoms with Crippen molar-refractivity contribution in [2.24, 2.45) is 11.8 Å². The van der Waals surface area contributed by atoms with Gasteiger partial charge in [-0.3, -0.25) is 14.4 Å². The summed E-state index contributed by atoms with van der Waals surface area (Å²) in [6.45, 7) is 1.65. The van der Waals surface area contributed by atoms with Crippen LogP contribution in [0.1, 0.15) is 56.3 Å². The van der Waals surface area contributed by atoms with Crippen molar-refractivity contribution in [1.29, 1.82) is 0 Å². The molecule has 2 aromatic carbocycles. The van der Waals surface area contributed by atoms with Crippen LogP contribution in [0.15, 0.2) is 72.8 Å². The number of allylic oxidation sites excluding steroid dienone is 2.